The van der Waals surface area contributed by atoms with E-state index in [0.717, 1.165) is 16.8 Å². The van der Waals surface area contributed by atoms with Crippen molar-refractivity contribution < 1.29 is 5.11 Å². The molecule has 2 aliphatic heterocycles. The van der Waals surface area contributed by atoms with Crippen LogP contribution in [0.3, 0.4) is 0 Å². The van der Waals surface area contributed by atoms with Crippen LogP contribution >= 0.6 is 0 Å². The normalized spacial score (nSPS) is 18.4. The Kier molecular flexibility index (Phi) is 3.97. The summed E-state index contributed by atoms with van der Waals surface area (Å²) in [6.07, 6.45) is 9.27. The zero-order valence-corrected chi connectivity index (χ0v) is 12.4. The number of hydrogen-bond acceptors (Lipinski definition) is 5. The zero-order chi connectivity index (χ0) is 16.2. The largest absolute Gasteiger partial charge is 0.508 e. The van der Waals surface area contributed by atoms with Gasteiger partial charge in [-0.2, -0.15) is 0 Å². The van der Waals surface area contributed by atoms with Crippen LogP contribution in [0.4, 0.5) is 0 Å². The summed E-state index contributed by atoms with van der Waals surface area (Å²) in [5.41, 5.74) is 8.83. The summed E-state index contributed by atoms with van der Waals surface area (Å²) in [6, 6.07) is 6.87. The Bertz CT molecular complexity index is 782. The minimum atomic E-state index is -0.0554. The van der Waals surface area contributed by atoms with E-state index in [-0.39, 0.29) is 11.6 Å². The van der Waals surface area contributed by atoms with Gasteiger partial charge in [0.15, 0.2) is 0 Å². The third-order valence-corrected chi connectivity index (χ3v) is 3.48. The second-order valence-corrected chi connectivity index (χ2v) is 5.08. The van der Waals surface area contributed by atoms with E-state index in [9.17, 15) is 5.11 Å². The highest BCUT2D eigenvalue weighted by molar-refractivity contribution is 6.11. The number of allylic oxidation sites excluding steroid dienone is 3. The van der Waals surface area contributed by atoms with Gasteiger partial charge in [0, 0.05) is 30.2 Å². The average Bonchev–Trinajstić information content (AvgIpc) is 2.57. The quantitative estimate of drug-likeness (QED) is 0.432. The van der Waals surface area contributed by atoms with Gasteiger partial charge in [-0.05, 0) is 23.8 Å². The van der Waals surface area contributed by atoms with E-state index < -0.39 is 0 Å². The van der Waals surface area contributed by atoms with Gasteiger partial charge in [0.2, 0.25) is 0 Å². The van der Waals surface area contributed by atoms with E-state index in [4.69, 9.17) is 11.1 Å². The van der Waals surface area contributed by atoms with Crippen LogP contribution in [-0.2, 0) is 0 Å². The van der Waals surface area contributed by atoms with Gasteiger partial charge in [-0.25, -0.2) is 4.99 Å². The molecule has 0 amide bonds. The summed E-state index contributed by atoms with van der Waals surface area (Å²) in [5, 5.41) is 23.4. The van der Waals surface area contributed by atoms with Gasteiger partial charge in [-0.1, -0.05) is 24.3 Å². The van der Waals surface area contributed by atoms with Gasteiger partial charge in [0.1, 0.15) is 17.4 Å². The van der Waals surface area contributed by atoms with Crippen molar-refractivity contribution in [1.82, 2.24) is 10.6 Å². The average molecular weight is 307 g/mol. The minimum absolute atomic E-state index is 0.0554. The lowest BCUT2D eigenvalue weighted by Gasteiger charge is -2.19. The molecule has 0 spiro atoms. The van der Waals surface area contributed by atoms with Gasteiger partial charge in [0.05, 0.1) is 5.57 Å². The number of aliphatic imine (C=N–C) groups is 1. The third-order valence-electron chi connectivity index (χ3n) is 3.48. The van der Waals surface area contributed by atoms with E-state index in [0.29, 0.717) is 17.9 Å². The predicted octanol–water partition coefficient (Wildman–Crippen LogP) is 1.60. The van der Waals surface area contributed by atoms with E-state index in [2.05, 4.69) is 15.6 Å². The Morgan fingerprint density at radius 3 is 2.61 bits per heavy atom. The maximum absolute atomic E-state index is 9.34. The molecule has 3 rings (SSSR count). The highest BCUT2D eigenvalue weighted by Crippen LogP contribution is 2.21. The molecule has 116 valence electrons. The first kappa shape index (κ1) is 14.6. The standard InChI is InChI=1S/C17H17N5O/c18-16(19)15(14-3-1-2-8-20-14)17-21-9-12(10-22-17)11-4-6-13(23)7-5-11/h1-7,9-10,20-21,23H,8H2,(H3,18,19)/b17-15+. The van der Waals surface area contributed by atoms with Crippen LogP contribution in [0.1, 0.15) is 5.56 Å². The second kappa shape index (κ2) is 6.23. The van der Waals surface area contributed by atoms with E-state index in [1.165, 1.54) is 0 Å². The number of amidine groups is 1. The Labute approximate surface area is 133 Å². The number of aromatic hydroxyl groups is 1. The second-order valence-electron chi connectivity index (χ2n) is 5.08. The Balaban J connectivity index is 1.90. The minimum Gasteiger partial charge on any atom is -0.508 e. The molecule has 6 N–H and O–H groups in total. The number of phenolic OH excluding ortho intramolecular Hbond substituents is 1. The monoisotopic (exact) mass is 307 g/mol. The van der Waals surface area contributed by atoms with Gasteiger partial charge >= 0.3 is 0 Å². The maximum Gasteiger partial charge on any atom is 0.143 e. The summed E-state index contributed by atoms with van der Waals surface area (Å²) in [7, 11) is 0. The fraction of sp³-hybridized carbons (Fsp3) is 0.0588. The topological polar surface area (TPSA) is 107 Å². The summed E-state index contributed by atoms with van der Waals surface area (Å²) < 4.78 is 0. The Hall–Kier alpha value is -3.28. The van der Waals surface area contributed by atoms with Crippen LogP contribution < -0.4 is 16.4 Å². The molecule has 0 bridgehead atoms. The van der Waals surface area contributed by atoms with Crippen LogP contribution in [0.2, 0.25) is 0 Å². The number of dihydropyridines is 1. The molecule has 0 aromatic heterocycles. The van der Waals surface area contributed by atoms with E-state index in [1.54, 1.807) is 24.5 Å². The number of rotatable bonds is 3. The molecule has 0 saturated carbocycles. The number of nitrogens with one attached hydrogen (secondary N) is 3. The molecule has 2 heterocycles. The predicted molar refractivity (Wildman–Crippen MR) is 91.9 cm³/mol. The number of nitrogens with two attached hydrogens (primary N) is 1. The Morgan fingerprint density at radius 1 is 1.26 bits per heavy atom. The van der Waals surface area contributed by atoms with Crippen molar-refractivity contribution in [2.24, 2.45) is 10.7 Å². The first-order valence-corrected chi connectivity index (χ1v) is 7.15. The molecule has 23 heavy (non-hydrogen) atoms. The fourth-order valence-electron chi connectivity index (χ4n) is 2.34. The number of nitrogens with zero attached hydrogens (tertiary/aromatic N) is 1. The van der Waals surface area contributed by atoms with Crippen LogP contribution in [0, 0.1) is 5.41 Å². The number of hydrogen-bond donors (Lipinski definition) is 5. The number of phenols is 1. The lowest BCUT2D eigenvalue weighted by molar-refractivity contribution is 0.475. The lowest BCUT2D eigenvalue weighted by Crippen LogP contribution is -2.28. The molecule has 0 atom stereocenters. The molecule has 6 heteroatoms. The van der Waals surface area contributed by atoms with Gasteiger partial charge in [-0.3, -0.25) is 5.41 Å². The Morgan fingerprint density at radius 2 is 2.04 bits per heavy atom. The van der Waals surface area contributed by atoms with Crippen LogP contribution in [-0.4, -0.2) is 23.7 Å². The molecule has 0 aliphatic carbocycles. The van der Waals surface area contributed by atoms with Gasteiger partial charge in [-0.15, -0.1) is 0 Å². The highest BCUT2D eigenvalue weighted by Gasteiger charge is 2.17. The SMILES string of the molecule is N=C(N)/C(C1=CC=CCN1)=C1/N=CC(c2ccc(O)cc2)=CN1. The van der Waals surface area contributed by atoms with Crippen molar-refractivity contribution in [3.05, 3.63) is 71.3 Å². The van der Waals surface area contributed by atoms with Crippen molar-refractivity contribution in [3.8, 4) is 5.75 Å². The van der Waals surface area contributed by atoms with Gasteiger partial charge < -0.3 is 21.5 Å². The highest BCUT2D eigenvalue weighted by atomic mass is 16.3. The van der Waals surface area contributed by atoms with Crippen LogP contribution in [0.25, 0.3) is 5.57 Å². The van der Waals surface area contributed by atoms with Crippen molar-refractivity contribution in [1.29, 1.82) is 5.41 Å². The van der Waals surface area contributed by atoms with E-state index in [1.807, 2.05) is 30.4 Å². The first-order valence-electron chi connectivity index (χ1n) is 7.15. The molecule has 0 saturated heterocycles. The number of benzene rings is 1. The van der Waals surface area contributed by atoms with Crippen molar-refractivity contribution in [2.75, 3.05) is 6.54 Å². The molecule has 0 unspecified atom stereocenters. The fourth-order valence-corrected chi connectivity index (χ4v) is 2.34. The molecule has 2 aliphatic rings. The first-order chi connectivity index (χ1) is 11.1. The van der Waals surface area contributed by atoms with Crippen molar-refractivity contribution in [2.45, 2.75) is 0 Å². The zero-order valence-electron chi connectivity index (χ0n) is 12.4. The van der Waals surface area contributed by atoms with Crippen molar-refractivity contribution >= 4 is 17.6 Å². The molecule has 6 nitrogen and oxygen atoms in total. The summed E-state index contributed by atoms with van der Waals surface area (Å²) in [4.78, 5) is 4.39. The third kappa shape index (κ3) is 3.16. The van der Waals surface area contributed by atoms with Crippen LogP contribution in [0.5, 0.6) is 5.75 Å². The molecule has 0 fully saturated rings. The van der Waals surface area contributed by atoms with Crippen LogP contribution in [0.15, 0.2) is 70.8 Å². The molecule has 0 radical (unpaired) electrons. The molecule has 1 aromatic carbocycles. The summed E-state index contributed by atoms with van der Waals surface area (Å²) in [6.45, 7) is 0.689. The summed E-state index contributed by atoms with van der Waals surface area (Å²) >= 11 is 0. The summed E-state index contributed by atoms with van der Waals surface area (Å²) in [5.74, 6) is 0.687. The molecular formula is C17H17N5O. The van der Waals surface area contributed by atoms with Crippen molar-refractivity contribution in [3.63, 3.8) is 0 Å². The van der Waals surface area contributed by atoms with E-state index >= 15 is 0 Å². The lowest BCUT2D eigenvalue weighted by atomic mass is 10.1. The smallest absolute Gasteiger partial charge is 0.143 e. The molecular weight excluding hydrogens is 290 g/mol. The van der Waals surface area contributed by atoms with Gasteiger partial charge in [0.25, 0.3) is 0 Å². The maximum atomic E-state index is 9.34. The molecule has 1 aromatic rings.